The Balaban J connectivity index is 2.66. The molecule has 1 aromatic heterocycles. The van der Waals surface area contributed by atoms with Crippen LogP contribution in [0, 0.1) is 0 Å². The molecule has 2 N–H and O–H groups in total. The van der Waals surface area contributed by atoms with Crippen LogP contribution >= 0.6 is 0 Å². The zero-order valence-electron chi connectivity index (χ0n) is 9.67. The minimum absolute atomic E-state index is 0.236. The number of alkyl halides is 3. The topological polar surface area (TPSA) is 42.2 Å². The van der Waals surface area contributed by atoms with E-state index in [1.807, 2.05) is 6.92 Å². The van der Waals surface area contributed by atoms with Crippen LogP contribution in [0.3, 0.4) is 0 Å². The van der Waals surface area contributed by atoms with E-state index in [-0.39, 0.29) is 6.54 Å². The Kier molecular flexibility index (Phi) is 4.74. The average Bonchev–Trinajstić information content (AvgIpc) is 2.15. The lowest BCUT2D eigenvalue weighted by atomic mass is 10.2. The summed E-state index contributed by atoms with van der Waals surface area (Å²) in [5.41, 5.74) is 6.23. The van der Waals surface area contributed by atoms with Crippen molar-refractivity contribution >= 4 is 5.82 Å². The van der Waals surface area contributed by atoms with Gasteiger partial charge in [0, 0.05) is 12.7 Å². The summed E-state index contributed by atoms with van der Waals surface area (Å²) in [6.07, 6.45) is -1.99. The molecule has 0 spiro atoms. The molecule has 0 fully saturated rings. The number of nitrogen functional groups attached to an aromatic ring is 1. The summed E-state index contributed by atoms with van der Waals surface area (Å²) in [5, 5.41) is 0. The van der Waals surface area contributed by atoms with Gasteiger partial charge in [0.05, 0.1) is 6.54 Å². The molecule has 1 rings (SSSR count). The molecule has 0 aliphatic rings. The van der Waals surface area contributed by atoms with Gasteiger partial charge in [0.1, 0.15) is 5.82 Å². The van der Waals surface area contributed by atoms with Gasteiger partial charge in [-0.15, -0.1) is 0 Å². The van der Waals surface area contributed by atoms with Gasteiger partial charge in [0.2, 0.25) is 0 Å². The molecule has 3 nitrogen and oxygen atoms in total. The molecule has 0 atom stereocenters. The number of halogens is 3. The Hall–Kier alpha value is -1.30. The van der Waals surface area contributed by atoms with Crippen LogP contribution in [0.15, 0.2) is 18.3 Å². The van der Waals surface area contributed by atoms with Gasteiger partial charge in [-0.05, 0) is 30.7 Å². The quantitative estimate of drug-likeness (QED) is 0.869. The normalized spacial score (nSPS) is 12.1. The first kappa shape index (κ1) is 13.8. The Labute approximate surface area is 98.4 Å². The fraction of sp³-hybridized carbons (Fsp3) is 0.545. The van der Waals surface area contributed by atoms with Crippen molar-refractivity contribution in [3.05, 3.63) is 23.9 Å². The number of pyridine rings is 1. The molecule has 0 bridgehead atoms. The van der Waals surface area contributed by atoms with Crippen molar-refractivity contribution in [3.8, 4) is 0 Å². The zero-order valence-corrected chi connectivity index (χ0v) is 9.67. The first-order chi connectivity index (χ1) is 7.90. The number of nitrogens with two attached hydrogens (primary N) is 1. The molecular weight excluding hydrogens is 231 g/mol. The largest absolute Gasteiger partial charge is 0.401 e. The van der Waals surface area contributed by atoms with Crippen molar-refractivity contribution in [3.63, 3.8) is 0 Å². The first-order valence-electron chi connectivity index (χ1n) is 5.40. The monoisotopic (exact) mass is 247 g/mol. The molecule has 0 aliphatic carbocycles. The lowest BCUT2D eigenvalue weighted by Gasteiger charge is -2.23. The predicted octanol–water partition coefficient (Wildman–Crippen LogP) is 2.44. The maximum absolute atomic E-state index is 12.3. The van der Waals surface area contributed by atoms with E-state index in [0.29, 0.717) is 18.8 Å². The predicted molar refractivity (Wildman–Crippen MR) is 60.3 cm³/mol. The van der Waals surface area contributed by atoms with Crippen LogP contribution in [0.4, 0.5) is 19.0 Å². The zero-order chi connectivity index (χ0) is 12.9. The number of aromatic nitrogens is 1. The molecule has 96 valence electrons. The van der Waals surface area contributed by atoms with Crippen molar-refractivity contribution in [2.75, 3.05) is 18.8 Å². The summed E-state index contributed by atoms with van der Waals surface area (Å²) < 4.78 is 37.0. The van der Waals surface area contributed by atoms with Crippen molar-refractivity contribution in [2.24, 2.45) is 0 Å². The van der Waals surface area contributed by atoms with Crippen molar-refractivity contribution in [1.29, 1.82) is 0 Å². The molecule has 0 aliphatic heterocycles. The Morgan fingerprint density at radius 3 is 2.65 bits per heavy atom. The fourth-order valence-electron chi connectivity index (χ4n) is 1.63. The Morgan fingerprint density at radius 2 is 2.12 bits per heavy atom. The van der Waals surface area contributed by atoms with E-state index in [4.69, 9.17) is 5.73 Å². The van der Waals surface area contributed by atoms with Gasteiger partial charge in [-0.1, -0.05) is 6.92 Å². The molecule has 0 unspecified atom stereocenters. The minimum Gasteiger partial charge on any atom is -0.384 e. The second-order valence-electron chi connectivity index (χ2n) is 3.91. The molecule has 0 radical (unpaired) electrons. The lowest BCUT2D eigenvalue weighted by molar-refractivity contribution is -0.147. The average molecular weight is 247 g/mol. The van der Waals surface area contributed by atoms with E-state index in [2.05, 4.69) is 4.98 Å². The molecule has 1 heterocycles. The van der Waals surface area contributed by atoms with Gasteiger partial charge in [0.25, 0.3) is 0 Å². The second-order valence-corrected chi connectivity index (χ2v) is 3.91. The third kappa shape index (κ3) is 5.53. The standard InChI is InChI=1S/C11H16F3N3/c1-2-5-17(8-11(12,13)14)7-9-3-4-16-10(15)6-9/h3-4,6H,2,5,7-8H2,1H3,(H2,15,16). The van der Waals surface area contributed by atoms with E-state index < -0.39 is 12.7 Å². The highest BCUT2D eigenvalue weighted by Gasteiger charge is 2.30. The highest BCUT2D eigenvalue weighted by Crippen LogP contribution is 2.18. The number of nitrogens with zero attached hydrogens (tertiary/aromatic N) is 2. The molecule has 1 aromatic rings. The van der Waals surface area contributed by atoms with E-state index >= 15 is 0 Å². The van der Waals surface area contributed by atoms with Gasteiger partial charge in [-0.3, -0.25) is 4.90 Å². The SMILES string of the molecule is CCCN(Cc1ccnc(N)c1)CC(F)(F)F. The molecule has 6 heteroatoms. The van der Waals surface area contributed by atoms with Crippen LogP contribution in [-0.4, -0.2) is 29.1 Å². The lowest BCUT2D eigenvalue weighted by Crippen LogP contribution is -2.34. The maximum Gasteiger partial charge on any atom is 0.401 e. The summed E-state index contributed by atoms with van der Waals surface area (Å²) in [6.45, 7) is 1.59. The van der Waals surface area contributed by atoms with Gasteiger partial charge in [0.15, 0.2) is 0 Å². The van der Waals surface area contributed by atoms with Crippen LogP contribution in [0.25, 0.3) is 0 Å². The summed E-state index contributed by atoms with van der Waals surface area (Å²) >= 11 is 0. The highest BCUT2D eigenvalue weighted by molar-refractivity contribution is 5.31. The van der Waals surface area contributed by atoms with Gasteiger partial charge in [-0.2, -0.15) is 13.2 Å². The summed E-state index contributed by atoms with van der Waals surface area (Å²) in [7, 11) is 0. The van der Waals surface area contributed by atoms with Crippen LogP contribution in [0.5, 0.6) is 0 Å². The van der Waals surface area contributed by atoms with Crippen molar-refractivity contribution < 1.29 is 13.2 Å². The smallest absolute Gasteiger partial charge is 0.384 e. The number of anilines is 1. The van der Waals surface area contributed by atoms with Crippen molar-refractivity contribution in [1.82, 2.24) is 9.88 Å². The number of rotatable bonds is 5. The van der Waals surface area contributed by atoms with Gasteiger partial charge >= 0.3 is 6.18 Å². The van der Waals surface area contributed by atoms with E-state index in [0.717, 1.165) is 5.56 Å². The minimum atomic E-state index is -4.17. The van der Waals surface area contributed by atoms with E-state index in [1.165, 1.54) is 11.1 Å². The van der Waals surface area contributed by atoms with Crippen LogP contribution in [0.2, 0.25) is 0 Å². The van der Waals surface area contributed by atoms with Crippen LogP contribution < -0.4 is 5.73 Å². The highest BCUT2D eigenvalue weighted by atomic mass is 19.4. The second kappa shape index (κ2) is 5.86. The number of hydrogen-bond donors (Lipinski definition) is 1. The summed E-state index contributed by atoms with van der Waals surface area (Å²) in [4.78, 5) is 5.16. The molecule has 17 heavy (non-hydrogen) atoms. The van der Waals surface area contributed by atoms with Crippen LogP contribution in [0.1, 0.15) is 18.9 Å². The first-order valence-corrected chi connectivity index (χ1v) is 5.40. The number of hydrogen-bond acceptors (Lipinski definition) is 3. The Bertz CT molecular complexity index is 352. The third-order valence-corrected chi connectivity index (χ3v) is 2.19. The van der Waals surface area contributed by atoms with E-state index in [1.54, 1.807) is 12.1 Å². The molecule has 0 saturated heterocycles. The fourth-order valence-corrected chi connectivity index (χ4v) is 1.63. The third-order valence-electron chi connectivity index (χ3n) is 2.19. The summed E-state index contributed by atoms with van der Waals surface area (Å²) in [5.74, 6) is 0.325. The Morgan fingerprint density at radius 1 is 1.41 bits per heavy atom. The molecule has 0 aromatic carbocycles. The molecular formula is C11H16F3N3. The van der Waals surface area contributed by atoms with E-state index in [9.17, 15) is 13.2 Å². The molecule has 0 amide bonds. The van der Waals surface area contributed by atoms with Gasteiger partial charge < -0.3 is 5.73 Å². The van der Waals surface area contributed by atoms with Gasteiger partial charge in [-0.25, -0.2) is 4.98 Å². The van der Waals surface area contributed by atoms with Crippen LogP contribution in [-0.2, 0) is 6.54 Å². The molecule has 0 saturated carbocycles. The maximum atomic E-state index is 12.3. The summed E-state index contributed by atoms with van der Waals surface area (Å²) in [6, 6.07) is 3.27. The van der Waals surface area contributed by atoms with Crippen molar-refractivity contribution in [2.45, 2.75) is 26.1 Å².